The Morgan fingerprint density at radius 2 is 1.59 bits per heavy atom. The molecule has 17 heavy (non-hydrogen) atoms. The van der Waals surface area contributed by atoms with Crippen molar-refractivity contribution in [2.75, 3.05) is 0 Å². The molecule has 0 radical (unpaired) electrons. The number of para-hydroxylation sites is 1. The van der Waals surface area contributed by atoms with Crippen molar-refractivity contribution in [1.82, 2.24) is 0 Å². The van der Waals surface area contributed by atoms with Crippen LogP contribution in [0.3, 0.4) is 0 Å². The maximum Gasteiger partial charge on any atom is 0.200 e. The molecular formula is C13H9FO3. The molecule has 2 aromatic carbocycles. The Hall–Kier alpha value is -2.36. The normalized spacial score (nSPS) is 10.2. The maximum atomic E-state index is 13.0. The lowest BCUT2D eigenvalue weighted by molar-refractivity contribution is 0.103. The number of phenols is 2. The lowest BCUT2D eigenvalue weighted by Gasteiger charge is -2.05. The highest BCUT2D eigenvalue weighted by Gasteiger charge is 2.17. The molecule has 2 N–H and O–H groups in total. The Labute approximate surface area is 96.8 Å². The summed E-state index contributed by atoms with van der Waals surface area (Å²) in [5, 5.41) is 19.0. The van der Waals surface area contributed by atoms with Crippen molar-refractivity contribution >= 4 is 5.78 Å². The van der Waals surface area contributed by atoms with Gasteiger partial charge >= 0.3 is 0 Å². The minimum atomic E-state index is -0.625. The molecule has 0 atom stereocenters. The quantitative estimate of drug-likeness (QED) is 0.782. The molecule has 0 fully saturated rings. The summed E-state index contributed by atoms with van der Waals surface area (Å²) in [5.41, 5.74) is -0.153. The number of carbonyl (C=O) groups is 1. The fourth-order valence-corrected chi connectivity index (χ4v) is 1.50. The molecular weight excluding hydrogens is 223 g/mol. The van der Waals surface area contributed by atoms with Crippen molar-refractivity contribution in [2.45, 2.75) is 0 Å². The molecule has 0 amide bonds. The predicted octanol–water partition coefficient (Wildman–Crippen LogP) is 2.47. The average Bonchev–Trinajstić information content (AvgIpc) is 2.32. The van der Waals surface area contributed by atoms with Gasteiger partial charge in [0.05, 0.1) is 11.1 Å². The van der Waals surface area contributed by atoms with E-state index in [4.69, 9.17) is 0 Å². The van der Waals surface area contributed by atoms with E-state index in [0.717, 1.165) is 18.2 Å². The van der Waals surface area contributed by atoms with Gasteiger partial charge in [0, 0.05) is 0 Å². The highest BCUT2D eigenvalue weighted by molar-refractivity contribution is 6.12. The van der Waals surface area contributed by atoms with Crippen LogP contribution in [-0.4, -0.2) is 16.0 Å². The molecule has 0 saturated heterocycles. The topological polar surface area (TPSA) is 57.5 Å². The van der Waals surface area contributed by atoms with E-state index in [9.17, 15) is 19.4 Å². The van der Waals surface area contributed by atoms with E-state index in [1.807, 2.05) is 0 Å². The molecule has 0 aliphatic heterocycles. The molecule has 3 nitrogen and oxygen atoms in total. The SMILES string of the molecule is O=C(c1ccccc1O)c1cc(F)ccc1O. The number of halogens is 1. The van der Waals surface area contributed by atoms with Gasteiger partial charge in [-0.25, -0.2) is 4.39 Å². The van der Waals surface area contributed by atoms with Crippen molar-refractivity contribution < 1.29 is 19.4 Å². The maximum absolute atomic E-state index is 13.0. The van der Waals surface area contributed by atoms with E-state index in [1.54, 1.807) is 12.1 Å². The molecule has 0 saturated carbocycles. The molecule has 0 bridgehead atoms. The van der Waals surface area contributed by atoms with Crippen LogP contribution in [0.15, 0.2) is 42.5 Å². The first-order valence-electron chi connectivity index (χ1n) is 4.91. The Kier molecular flexibility index (Phi) is 2.78. The van der Waals surface area contributed by atoms with Gasteiger partial charge in [-0.1, -0.05) is 12.1 Å². The van der Waals surface area contributed by atoms with Crippen molar-refractivity contribution in [3.8, 4) is 11.5 Å². The third-order valence-electron chi connectivity index (χ3n) is 2.35. The number of carbonyl (C=O) groups excluding carboxylic acids is 1. The van der Waals surface area contributed by atoms with E-state index < -0.39 is 11.6 Å². The fraction of sp³-hybridized carbons (Fsp3) is 0. The zero-order valence-corrected chi connectivity index (χ0v) is 8.72. The summed E-state index contributed by atoms with van der Waals surface area (Å²) in [7, 11) is 0. The van der Waals surface area contributed by atoms with Crippen molar-refractivity contribution in [3.63, 3.8) is 0 Å². The standard InChI is InChI=1S/C13H9FO3/c14-8-5-6-12(16)10(7-8)13(17)9-3-1-2-4-11(9)15/h1-7,15-16H. The molecule has 0 unspecified atom stereocenters. The molecule has 4 heteroatoms. The number of rotatable bonds is 2. The van der Waals surface area contributed by atoms with Crippen LogP contribution in [-0.2, 0) is 0 Å². The molecule has 86 valence electrons. The van der Waals surface area contributed by atoms with Gasteiger partial charge in [0.15, 0.2) is 0 Å². The van der Waals surface area contributed by atoms with Gasteiger partial charge in [-0.05, 0) is 30.3 Å². The van der Waals surface area contributed by atoms with E-state index in [0.29, 0.717) is 0 Å². The minimum absolute atomic E-state index is 0.0217. The van der Waals surface area contributed by atoms with Crippen LogP contribution in [0, 0.1) is 5.82 Å². The molecule has 0 aliphatic rings. The van der Waals surface area contributed by atoms with Crippen LogP contribution in [0.2, 0.25) is 0 Å². The monoisotopic (exact) mass is 232 g/mol. The third kappa shape index (κ3) is 2.10. The first-order chi connectivity index (χ1) is 8.09. The van der Waals surface area contributed by atoms with Crippen LogP contribution in [0.5, 0.6) is 11.5 Å². The Balaban J connectivity index is 2.51. The number of aromatic hydroxyl groups is 2. The van der Waals surface area contributed by atoms with E-state index in [-0.39, 0.29) is 22.6 Å². The van der Waals surface area contributed by atoms with Crippen LogP contribution >= 0.6 is 0 Å². The molecule has 0 aliphatic carbocycles. The number of hydrogen-bond donors (Lipinski definition) is 2. The molecule has 0 heterocycles. The first-order valence-corrected chi connectivity index (χ1v) is 4.91. The van der Waals surface area contributed by atoms with E-state index in [2.05, 4.69) is 0 Å². The van der Waals surface area contributed by atoms with Gasteiger partial charge in [-0.15, -0.1) is 0 Å². The zero-order valence-electron chi connectivity index (χ0n) is 8.72. The summed E-state index contributed by atoms with van der Waals surface area (Å²) in [6.45, 7) is 0. The smallest absolute Gasteiger partial charge is 0.200 e. The Morgan fingerprint density at radius 3 is 2.29 bits per heavy atom. The van der Waals surface area contributed by atoms with Crippen LogP contribution < -0.4 is 0 Å². The van der Waals surface area contributed by atoms with E-state index >= 15 is 0 Å². The third-order valence-corrected chi connectivity index (χ3v) is 2.35. The summed E-state index contributed by atoms with van der Waals surface area (Å²) < 4.78 is 13.0. The van der Waals surface area contributed by atoms with Gasteiger partial charge in [0.25, 0.3) is 0 Å². The second-order valence-electron chi connectivity index (χ2n) is 3.51. The van der Waals surface area contributed by atoms with Crippen molar-refractivity contribution in [1.29, 1.82) is 0 Å². The van der Waals surface area contributed by atoms with Gasteiger partial charge in [-0.3, -0.25) is 4.79 Å². The van der Waals surface area contributed by atoms with Crippen molar-refractivity contribution in [2.24, 2.45) is 0 Å². The number of phenolic OH excluding ortho intramolecular Hbond substituents is 2. The summed E-state index contributed by atoms with van der Waals surface area (Å²) in [6.07, 6.45) is 0. The Morgan fingerprint density at radius 1 is 0.941 bits per heavy atom. The molecule has 0 aromatic heterocycles. The summed E-state index contributed by atoms with van der Waals surface area (Å²) in [4.78, 5) is 12.0. The molecule has 2 aromatic rings. The number of hydrogen-bond acceptors (Lipinski definition) is 3. The van der Waals surface area contributed by atoms with Gasteiger partial charge in [-0.2, -0.15) is 0 Å². The highest BCUT2D eigenvalue weighted by atomic mass is 19.1. The second kappa shape index (κ2) is 4.25. The van der Waals surface area contributed by atoms with E-state index in [1.165, 1.54) is 12.1 Å². The van der Waals surface area contributed by atoms with Crippen LogP contribution in [0.4, 0.5) is 4.39 Å². The van der Waals surface area contributed by atoms with Crippen molar-refractivity contribution in [3.05, 3.63) is 59.4 Å². The number of ketones is 1. The average molecular weight is 232 g/mol. The first kappa shape index (κ1) is 11.1. The largest absolute Gasteiger partial charge is 0.507 e. The number of benzene rings is 2. The van der Waals surface area contributed by atoms with Gasteiger partial charge in [0.1, 0.15) is 17.3 Å². The fourth-order valence-electron chi connectivity index (χ4n) is 1.50. The van der Waals surface area contributed by atoms with Gasteiger partial charge < -0.3 is 10.2 Å². The van der Waals surface area contributed by atoms with Crippen LogP contribution in [0.25, 0.3) is 0 Å². The predicted molar refractivity (Wildman–Crippen MR) is 59.6 cm³/mol. The van der Waals surface area contributed by atoms with Crippen LogP contribution in [0.1, 0.15) is 15.9 Å². The Bertz CT molecular complexity index is 579. The van der Waals surface area contributed by atoms with Gasteiger partial charge in [0.2, 0.25) is 5.78 Å². The summed E-state index contributed by atoms with van der Waals surface area (Å²) in [5.74, 6) is -1.78. The molecule has 0 spiro atoms. The minimum Gasteiger partial charge on any atom is -0.507 e. The summed E-state index contributed by atoms with van der Waals surface area (Å²) >= 11 is 0. The zero-order chi connectivity index (χ0) is 12.4. The lowest BCUT2D eigenvalue weighted by Crippen LogP contribution is -2.02. The molecule has 2 rings (SSSR count). The highest BCUT2D eigenvalue weighted by Crippen LogP contribution is 2.25. The second-order valence-corrected chi connectivity index (χ2v) is 3.51. The lowest BCUT2D eigenvalue weighted by atomic mass is 10.0. The summed E-state index contributed by atoms with van der Waals surface area (Å²) in [6, 6.07) is 8.98.